The fraction of sp³-hybridized carbons (Fsp3) is 1.00. The number of quaternary nitrogens is 2. The van der Waals surface area contributed by atoms with Crippen LogP contribution in [0, 0.1) is 0 Å². The third-order valence-electron chi connectivity index (χ3n) is 7.71. The molecule has 0 spiro atoms. The third kappa shape index (κ3) is 19.4. The highest BCUT2D eigenvalue weighted by Gasteiger charge is 2.30. The maximum atomic E-state index is 2.40. The highest BCUT2D eigenvalue weighted by atomic mass is 15.2. The SMILES string of the molecule is CCCCCCCCCCCCC(C(CCCCCCCCCCCC)[NH+](C)C)[NH+](C)C. The molecule has 0 aromatic rings. The first-order chi connectivity index (χ1) is 15.5. The van der Waals surface area contributed by atoms with E-state index in [0.29, 0.717) is 0 Å². The Morgan fingerprint density at radius 3 is 0.781 bits per heavy atom. The van der Waals surface area contributed by atoms with E-state index in [-0.39, 0.29) is 0 Å². The average molecular weight is 455 g/mol. The van der Waals surface area contributed by atoms with Gasteiger partial charge in [0.15, 0.2) is 0 Å². The van der Waals surface area contributed by atoms with Crippen molar-refractivity contribution in [1.29, 1.82) is 0 Å². The van der Waals surface area contributed by atoms with Gasteiger partial charge in [0.05, 0.1) is 28.2 Å². The zero-order valence-corrected chi connectivity index (χ0v) is 23.7. The number of nitrogens with one attached hydrogen (secondary N) is 2. The smallest absolute Gasteiger partial charge is 0.139 e. The van der Waals surface area contributed by atoms with Gasteiger partial charge in [-0.15, -0.1) is 0 Å². The standard InChI is InChI=1S/C30H64N2/c1-7-9-11-13-15-17-19-21-23-25-27-29(31(3)4)30(32(5)6)28-26-24-22-20-18-16-14-12-10-8-2/h29-30H,7-28H2,1-6H3/p+2. The van der Waals surface area contributed by atoms with Crippen molar-refractivity contribution in [3.8, 4) is 0 Å². The van der Waals surface area contributed by atoms with Crippen LogP contribution in [0.3, 0.4) is 0 Å². The average Bonchev–Trinajstić information content (AvgIpc) is 2.76. The van der Waals surface area contributed by atoms with E-state index in [9.17, 15) is 0 Å². The first-order valence-corrected chi connectivity index (χ1v) is 15.1. The van der Waals surface area contributed by atoms with Crippen molar-refractivity contribution in [3.63, 3.8) is 0 Å². The van der Waals surface area contributed by atoms with Gasteiger partial charge >= 0.3 is 0 Å². The van der Waals surface area contributed by atoms with E-state index in [2.05, 4.69) is 42.0 Å². The van der Waals surface area contributed by atoms with E-state index in [4.69, 9.17) is 0 Å². The maximum absolute atomic E-state index is 2.40. The molecule has 32 heavy (non-hydrogen) atoms. The first kappa shape index (κ1) is 31.9. The lowest BCUT2D eigenvalue weighted by Gasteiger charge is -2.31. The predicted molar refractivity (Wildman–Crippen MR) is 146 cm³/mol. The number of likely N-dealkylation sites (N-methyl/N-ethyl adjacent to an activating group) is 2. The van der Waals surface area contributed by atoms with Crippen molar-refractivity contribution in [2.24, 2.45) is 0 Å². The molecule has 0 radical (unpaired) electrons. The molecule has 0 amide bonds. The van der Waals surface area contributed by atoms with E-state index in [1.165, 1.54) is 141 Å². The van der Waals surface area contributed by atoms with Crippen LogP contribution in [-0.4, -0.2) is 40.3 Å². The van der Waals surface area contributed by atoms with Gasteiger partial charge in [-0.3, -0.25) is 0 Å². The second kappa shape index (κ2) is 24.1. The van der Waals surface area contributed by atoms with Crippen molar-refractivity contribution in [2.75, 3.05) is 28.2 Å². The summed E-state index contributed by atoms with van der Waals surface area (Å²) >= 11 is 0. The maximum Gasteiger partial charge on any atom is 0.139 e. The number of hydrogen-bond donors (Lipinski definition) is 2. The van der Waals surface area contributed by atoms with Gasteiger partial charge in [-0.1, -0.05) is 129 Å². The minimum absolute atomic E-state index is 0.826. The van der Waals surface area contributed by atoms with Crippen molar-refractivity contribution in [3.05, 3.63) is 0 Å². The summed E-state index contributed by atoms with van der Waals surface area (Å²) in [7, 11) is 9.59. The quantitative estimate of drug-likeness (QED) is 0.143. The van der Waals surface area contributed by atoms with Crippen LogP contribution in [0.25, 0.3) is 0 Å². The monoisotopic (exact) mass is 455 g/mol. The molecule has 0 saturated heterocycles. The van der Waals surface area contributed by atoms with E-state index in [1.54, 1.807) is 9.80 Å². The van der Waals surface area contributed by atoms with Gasteiger partial charge in [-0.05, 0) is 12.8 Å². The Hall–Kier alpha value is -0.0800. The Labute approximate surface area is 205 Å². The summed E-state index contributed by atoms with van der Waals surface area (Å²) in [6, 6.07) is 1.65. The van der Waals surface area contributed by atoms with Crippen LogP contribution in [0.2, 0.25) is 0 Å². The van der Waals surface area contributed by atoms with Crippen molar-refractivity contribution in [1.82, 2.24) is 0 Å². The van der Waals surface area contributed by atoms with Gasteiger partial charge in [-0.2, -0.15) is 0 Å². The first-order valence-electron chi connectivity index (χ1n) is 15.1. The number of unbranched alkanes of at least 4 members (excludes halogenated alkanes) is 18. The second-order valence-electron chi connectivity index (χ2n) is 11.3. The summed E-state index contributed by atoms with van der Waals surface area (Å²) in [6.45, 7) is 4.62. The van der Waals surface area contributed by atoms with Crippen molar-refractivity contribution in [2.45, 2.75) is 167 Å². The summed E-state index contributed by atoms with van der Waals surface area (Å²) in [6.07, 6.45) is 31.8. The van der Waals surface area contributed by atoms with E-state index >= 15 is 0 Å². The highest BCUT2D eigenvalue weighted by molar-refractivity contribution is 4.68. The lowest BCUT2D eigenvalue weighted by molar-refractivity contribution is -0.959. The minimum Gasteiger partial charge on any atom is -0.332 e. The van der Waals surface area contributed by atoms with Gasteiger partial charge in [0.1, 0.15) is 12.1 Å². The Bertz CT molecular complexity index is 319. The van der Waals surface area contributed by atoms with Crippen LogP contribution in [0.4, 0.5) is 0 Å². The molecule has 0 fully saturated rings. The molecule has 0 rings (SSSR count). The molecule has 0 heterocycles. The third-order valence-corrected chi connectivity index (χ3v) is 7.71. The molecule has 0 aromatic heterocycles. The van der Waals surface area contributed by atoms with Crippen LogP contribution < -0.4 is 9.80 Å². The molecule has 0 aliphatic heterocycles. The molecule has 0 aromatic carbocycles. The topological polar surface area (TPSA) is 8.88 Å². The van der Waals surface area contributed by atoms with Crippen molar-refractivity contribution < 1.29 is 9.80 Å². The summed E-state index contributed by atoms with van der Waals surface area (Å²) in [5, 5.41) is 0. The summed E-state index contributed by atoms with van der Waals surface area (Å²) in [5.41, 5.74) is 0. The second-order valence-corrected chi connectivity index (χ2v) is 11.3. The molecule has 2 unspecified atom stereocenters. The number of hydrogen-bond acceptors (Lipinski definition) is 0. The van der Waals surface area contributed by atoms with Gasteiger partial charge in [0.25, 0.3) is 0 Å². The van der Waals surface area contributed by atoms with Gasteiger partial charge in [0, 0.05) is 12.8 Å². The Morgan fingerprint density at radius 1 is 0.344 bits per heavy atom. The van der Waals surface area contributed by atoms with Gasteiger partial charge in [0.2, 0.25) is 0 Å². The van der Waals surface area contributed by atoms with Crippen molar-refractivity contribution >= 4 is 0 Å². The fourth-order valence-electron chi connectivity index (χ4n) is 5.49. The number of rotatable bonds is 25. The Morgan fingerprint density at radius 2 is 0.562 bits per heavy atom. The molecule has 0 saturated carbocycles. The summed E-state index contributed by atoms with van der Waals surface area (Å²) < 4.78 is 0. The van der Waals surface area contributed by atoms with E-state index in [0.717, 1.165) is 12.1 Å². The van der Waals surface area contributed by atoms with E-state index in [1.807, 2.05) is 0 Å². The lowest BCUT2D eigenvalue weighted by Crippen LogP contribution is -3.21. The van der Waals surface area contributed by atoms with Gasteiger partial charge in [-0.25, -0.2) is 0 Å². The molecule has 0 bridgehead atoms. The zero-order valence-electron chi connectivity index (χ0n) is 23.7. The van der Waals surface area contributed by atoms with Crippen LogP contribution in [-0.2, 0) is 0 Å². The predicted octanol–water partition coefficient (Wildman–Crippen LogP) is 6.63. The molecule has 194 valence electrons. The molecular formula is C30H66N2+2. The Kier molecular flexibility index (Phi) is 24.0. The van der Waals surface area contributed by atoms with Crippen LogP contribution in [0.5, 0.6) is 0 Å². The Balaban J connectivity index is 3.94. The molecule has 0 aliphatic rings. The zero-order chi connectivity index (χ0) is 23.9. The molecule has 2 N–H and O–H groups in total. The minimum atomic E-state index is 0.826. The van der Waals surface area contributed by atoms with E-state index < -0.39 is 0 Å². The lowest BCUT2D eigenvalue weighted by atomic mass is 9.93. The largest absolute Gasteiger partial charge is 0.332 e. The fourth-order valence-corrected chi connectivity index (χ4v) is 5.49. The molecular weight excluding hydrogens is 388 g/mol. The van der Waals surface area contributed by atoms with Gasteiger partial charge < -0.3 is 9.80 Å². The molecule has 2 nitrogen and oxygen atoms in total. The summed E-state index contributed by atoms with van der Waals surface area (Å²) in [5.74, 6) is 0. The normalized spacial score (nSPS) is 13.9. The highest BCUT2D eigenvalue weighted by Crippen LogP contribution is 2.15. The summed E-state index contributed by atoms with van der Waals surface area (Å²) in [4.78, 5) is 3.36. The molecule has 0 aliphatic carbocycles. The van der Waals surface area contributed by atoms with Crippen LogP contribution in [0.1, 0.15) is 155 Å². The van der Waals surface area contributed by atoms with Crippen LogP contribution in [0.15, 0.2) is 0 Å². The van der Waals surface area contributed by atoms with Crippen LogP contribution >= 0.6 is 0 Å². The molecule has 2 atom stereocenters. The molecule has 2 heteroatoms.